The van der Waals surface area contributed by atoms with Crippen molar-refractivity contribution in [2.24, 2.45) is 11.7 Å². The molecule has 0 bridgehead atoms. The molecule has 1 fully saturated rings. The summed E-state index contributed by atoms with van der Waals surface area (Å²) in [7, 11) is 0. The summed E-state index contributed by atoms with van der Waals surface area (Å²) < 4.78 is 7.02. The fraction of sp³-hybridized carbons (Fsp3) is 0.417. The van der Waals surface area contributed by atoms with Gasteiger partial charge in [-0.2, -0.15) is 0 Å². The summed E-state index contributed by atoms with van der Waals surface area (Å²) in [5.74, 6) is 0.313. The topological polar surface area (TPSA) is 94.5 Å². The van der Waals surface area contributed by atoms with E-state index in [0.29, 0.717) is 25.6 Å². The van der Waals surface area contributed by atoms with Crippen LogP contribution in [0.2, 0.25) is 0 Å². The molecule has 0 radical (unpaired) electrons. The molecule has 0 spiro atoms. The monoisotopic (exact) mass is 261 g/mol. The SMILES string of the molecule is NC1COCC1C(=O)NCc1nnc2ccccn12. The van der Waals surface area contributed by atoms with Crippen molar-refractivity contribution in [2.75, 3.05) is 13.2 Å². The maximum atomic E-state index is 12.0. The number of amides is 1. The van der Waals surface area contributed by atoms with E-state index in [1.807, 2.05) is 28.8 Å². The molecule has 2 aromatic heterocycles. The maximum absolute atomic E-state index is 12.0. The highest BCUT2D eigenvalue weighted by molar-refractivity contribution is 5.79. The van der Waals surface area contributed by atoms with Crippen LogP contribution in [-0.2, 0) is 16.1 Å². The number of hydrogen-bond donors (Lipinski definition) is 2. The van der Waals surface area contributed by atoms with Gasteiger partial charge in [-0.25, -0.2) is 0 Å². The van der Waals surface area contributed by atoms with Crippen molar-refractivity contribution in [3.63, 3.8) is 0 Å². The Morgan fingerprint density at radius 2 is 2.37 bits per heavy atom. The van der Waals surface area contributed by atoms with Gasteiger partial charge in [-0.05, 0) is 12.1 Å². The molecule has 2 aromatic rings. The molecule has 3 rings (SSSR count). The van der Waals surface area contributed by atoms with Crippen LogP contribution in [0.25, 0.3) is 5.65 Å². The van der Waals surface area contributed by atoms with Crippen molar-refractivity contribution in [1.29, 1.82) is 0 Å². The Bertz CT molecular complexity index is 597. The highest BCUT2D eigenvalue weighted by atomic mass is 16.5. The number of rotatable bonds is 3. The number of carbonyl (C=O) groups is 1. The molecule has 0 saturated carbocycles. The van der Waals surface area contributed by atoms with Gasteiger partial charge < -0.3 is 15.8 Å². The molecule has 1 aliphatic heterocycles. The van der Waals surface area contributed by atoms with E-state index in [1.54, 1.807) is 0 Å². The molecule has 0 aromatic carbocycles. The van der Waals surface area contributed by atoms with Crippen molar-refractivity contribution in [3.05, 3.63) is 30.2 Å². The summed E-state index contributed by atoms with van der Waals surface area (Å²) in [4.78, 5) is 12.0. The number of pyridine rings is 1. The minimum absolute atomic E-state index is 0.0994. The molecule has 19 heavy (non-hydrogen) atoms. The maximum Gasteiger partial charge on any atom is 0.227 e. The van der Waals surface area contributed by atoms with Crippen LogP contribution in [-0.4, -0.2) is 39.8 Å². The van der Waals surface area contributed by atoms with Crippen LogP contribution in [0, 0.1) is 5.92 Å². The summed E-state index contributed by atoms with van der Waals surface area (Å²) in [6.07, 6.45) is 1.86. The van der Waals surface area contributed by atoms with Gasteiger partial charge in [0.25, 0.3) is 0 Å². The zero-order chi connectivity index (χ0) is 13.2. The summed E-state index contributed by atoms with van der Waals surface area (Å²) in [6, 6.07) is 5.41. The number of hydrogen-bond acceptors (Lipinski definition) is 5. The van der Waals surface area contributed by atoms with Crippen LogP contribution in [0.3, 0.4) is 0 Å². The predicted octanol–water partition coefficient (Wildman–Crippen LogP) is -0.681. The van der Waals surface area contributed by atoms with Crippen LogP contribution >= 0.6 is 0 Å². The Hall–Kier alpha value is -1.99. The smallest absolute Gasteiger partial charge is 0.227 e. The van der Waals surface area contributed by atoms with E-state index in [0.717, 1.165) is 5.65 Å². The van der Waals surface area contributed by atoms with Gasteiger partial charge in [-0.15, -0.1) is 10.2 Å². The lowest BCUT2D eigenvalue weighted by atomic mass is 10.0. The average Bonchev–Trinajstić information content (AvgIpc) is 3.02. The molecule has 2 unspecified atom stereocenters. The molecule has 7 heteroatoms. The van der Waals surface area contributed by atoms with Gasteiger partial charge in [0.2, 0.25) is 5.91 Å². The fourth-order valence-corrected chi connectivity index (χ4v) is 2.15. The average molecular weight is 261 g/mol. The van der Waals surface area contributed by atoms with Gasteiger partial charge in [0.05, 0.1) is 25.7 Å². The lowest BCUT2D eigenvalue weighted by Gasteiger charge is -2.12. The zero-order valence-corrected chi connectivity index (χ0v) is 10.3. The number of nitrogens with zero attached hydrogens (tertiary/aromatic N) is 3. The summed E-state index contributed by atoms with van der Waals surface area (Å²) in [5.41, 5.74) is 6.56. The molecule has 7 nitrogen and oxygen atoms in total. The zero-order valence-electron chi connectivity index (χ0n) is 10.3. The van der Waals surface area contributed by atoms with Crippen molar-refractivity contribution < 1.29 is 9.53 Å². The predicted molar refractivity (Wildman–Crippen MR) is 67.1 cm³/mol. The molecule has 3 N–H and O–H groups in total. The standard InChI is InChI=1S/C12H15N5O2/c13-9-7-19-6-8(9)12(18)14-5-11-16-15-10-3-1-2-4-17(10)11/h1-4,8-9H,5-7,13H2,(H,14,18). The van der Waals surface area contributed by atoms with E-state index in [1.165, 1.54) is 0 Å². The Morgan fingerprint density at radius 3 is 3.16 bits per heavy atom. The number of ether oxygens (including phenoxy) is 1. The summed E-state index contributed by atoms with van der Waals surface area (Å²) in [6.45, 7) is 1.15. The number of carbonyl (C=O) groups excluding carboxylic acids is 1. The number of fused-ring (bicyclic) bond motifs is 1. The first-order valence-corrected chi connectivity index (χ1v) is 6.15. The Morgan fingerprint density at radius 1 is 1.47 bits per heavy atom. The van der Waals surface area contributed by atoms with Gasteiger partial charge in [0.1, 0.15) is 0 Å². The molecular weight excluding hydrogens is 246 g/mol. The van der Waals surface area contributed by atoms with Crippen LogP contribution in [0.5, 0.6) is 0 Å². The van der Waals surface area contributed by atoms with E-state index in [4.69, 9.17) is 10.5 Å². The van der Waals surface area contributed by atoms with Crippen LogP contribution in [0.4, 0.5) is 0 Å². The Labute approximate surface area is 109 Å². The van der Waals surface area contributed by atoms with E-state index in [-0.39, 0.29) is 17.9 Å². The number of aromatic nitrogens is 3. The van der Waals surface area contributed by atoms with E-state index >= 15 is 0 Å². The molecule has 1 saturated heterocycles. The summed E-state index contributed by atoms with van der Waals surface area (Å²) in [5, 5.41) is 10.9. The fourth-order valence-electron chi connectivity index (χ4n) is 2.15. The summed E-state index contributed by atoms with van der Waals surface area (Å²) >= 11 is 0. The minimum Gasteiger partial charge on any atom is -0.379 e. The second-order valence-electron chi connectivity index (χ2n) is 4.57. The van der Waals surface area contributed by atoms with Crippen molar-refractivity contribution >= 4 is 11.6 Å². The second kappa shape index (κ2) is 4.94. The quantitative estimate of drug-likeness (QED) is 0.763. The number of nitrogens with two attached hydrogens (primary N) is 1. The van der Waals surface area contributed by atoms with Crippen molar-refractivity contribution in [3.8, 4) is 0 Å². The molecule has 0 aliphatic carbocycles. The molecule has 1 amide bonds. The lowest BCUT2D eigenvalue weighted by molar-refractivity contribution is -0.125. The van der Waals surface area contributed by atoms with E-state index in [2.05, 4.69) is 15.5 Å². The molecular formula is C12H15N5O2. The van der Waals surface area contributed by atoms with Gasteiger partial charge >= 0.3 is 0 Å². The first-order valence-electron chi connectivity index (χ1n) is 6.15. The van der Waals surface area contributed by atoms with Crippen molar-refractivity contribution in [2.45, 2.75) is 12.6 Å². The van der Waals surface area contributed by atoms with Crippen LogP contribution in [0.15, 0.2) is 24.4 Å². The second-order valence-corrected chi connectivity index (χ2v) is 4.57. The van der Waals surface area contributed by atoms with E-state index in [9.17, 15) is 4.79 Å². The number of nitrogens with one attached hydrogen (secondary N) is 1. The van der Waals surface area contributed by atoms with Crippen LogP contribution < -0.4 is 11.1 Å². The van der Waals surface area contributed by atoms with Crippen LogP contribution in [0.1, 0.15) is 5.82 Å². The Balaban J connectivity index is 1.67. The minimum atomic E-state index is -0.279. The van der Waals surface area contributed by atoms with Gasteiger partial charge in [0.15, 0.2) is 11.5 Å². The highest BCUT2D eigenvalue weighted by Gasteiger charge is 2.31. The third-order valence-electron chi connectivity index (χ3n) is 3.27. The van der Waals surface area contributed by atoms with Crippen molar-refractivity contribution in [1.82, 2.24) is 19.9 Å². The van der Waals surface area contributed by atoms with Gasteiger partial charge in [0, 0.05) is 12.2 Å². The molecule has 100 valence electrons. The van der Waals surface area contributed by atoms with Gasteiger partial charge in [-0.3, -0.25) is 9.20 Å². The normalized spacial score (nSPS) is 22.8. The molecule has 2 atom stereocenters. The molecule has 3 heterocycles. The third kappa shape index (κ3) is 2.29. The highest BCUT2D eigenvalue weighted by Crippen LogP contribution is 2.11. The third-order valence-corrected chi connectivity index (χ3v) is 3.27. The first-order chi connectivity index (χ1) is 9.25. The lowest BCUT2D eigenvalue weighted by Crippen LogP contribution is -2.40. The van der Waals surface area contributed by atoms with E-state index < -0.39 is 0 Å². The first kappa shape index (κ1) is 12.1. The van der Waals surface area contributed by atoms with Gasteiger partial charge in [-0.1, -0.05) is 6.07 Å². The molecule has 1 aliphatic rings. The Kier molecular flexibility index (Phi) is 3.14. The largest absolute Gasteiger partial charge is 0.379 e.